The van der Waals surface area contributed by atoms with Gasteiger partial charge in [0.05, 0.1) is 29.7 Å². The van der Waals surface area contributed by atoms with Gasteiger partial charge in [-0.2, -0.15) is 0 Å². The van der Waals surface area contributed by atoms with Crippen molar-refractivity contribution >= 4 is 34.4 Å². The van der Waals surface area contributed by atoms with E-state index in [1.165, 1.54) is 4.90 Å². The van der Waals surface area contributed by atoms with Gasteiger partial charge in [-0.3, -0.25) is 14.5 Å². The van der Waals surface area contributed by atoms with Crippen molar-refractivity contribution in [2.45, 2.75) is 116 Å². The summed E-state index contributed by atoms with van der Waals surface area (Å²) in [5, 5.41) is 5.92. The summed E-state index contributed by atoms with van der Waals surface area (Å²) in [5.74, 6) is -3.20. The predicted octanol–water partition coefficient (Wildman–Crippen LogP) is 5.21. The van der Waals surface area contributed by atoms with Crippen LogP contribution in [-0.4, -0.2) is 88.6 Å². The van der Waals surface area contributed by atoms with Gasteiger partial charge in [0.1, 0.15) is 11.6 Å². The molecule has 0 bridgehead atoms. The maximum Gasteiger partial charge on any atom is 0.408 e. The van der Waals surface area contributed by atoms with Crippen LogP contribution in [0, 0.1) is 11.8 Å². The maximum atomic E-state index is 14.5. The molecule has 0 aromatic carbocycles. The highest BCUT2D eigenvalue weighted by molar-refractivity contribution is 7.15. The van der Waals surface area contributed by atoms with Gasteiger partial charge in [0.2, 0.25) is 11.8 Å². The number of amides is 3. The Bertz CT molecular complexity index is 1130. The van der Waals surface area contributed by atoms with E-state index in [0.717, 1.165) is 37.0 Å². The lowest BCUT2D eigenvalue weighted by Crippen LogP contribution is -2.53. The lowest BCUT2D eigenvalue weighted by atomic mass is 9.79. The molecule has 0 radical (unpaired) electrons. The summed E-state index contributed by atoms with van der Waals surface area (Å²) < 4.78 is 40.4. The Morgan fingerprint density at radius 2 is 1.81 bits per heavy atom. The molecule has 4 atom stereocenters. The number of nitrogens with one attached hydrogen (secondary N) is 2. The Labute approximate surface area is 257 Å². The maximum absolute atomic E-state index is 14.5. The molecule has 1 unspecified atom stereocenters. The molecule has 1 aromatic heterocycles. The fourth-order valence-corrected chi connectivity index (χ4v) is 7.21. The van der Waals surface area contributed by atoms with Gasteiger partial charge in [0, 0.05) is 38.7 Å². The van der Waals surface area contributed by atoms with Gasteiger partial charge in [-0.25, -0.2) is 18.6 Å². The molecule has 2 N–H and O–H groups in total. The lowest BCUT2D eigenvalue weighted by molar-refractivity contribution is -0.153. The molecular weight excluding hydrogens is 580 g/mol. The number of halogens is 2. The van der Waals surface area contributed by atoms with Crippen molar-refractivity contribution in [3.8, 4) is 0 Å². The van der Waals surface area contributed by atoms with E-state index < -0.39 is 48.6 Å². The molecule has 43 heavy (non-hydrogen) atoms. The van der Waals surface area contributed by atoms with Gasteiger partial charge >= 0.3 is 6.09 Å². The highest BCUT2D eigenvalue weighted by Gasteiger charge is 2.43. The first-order valence-electron chi connectivity index (χ1n) is 15.4. The molecule has 2 aliphatic heterocycles. The van der Waals surface area contributed by atoms with Gasteiger partial charge < -0.3 is 25.0 Å². The minimum atomic E-state index is -2.97. The fraction of sp³-hybridized carbons (Fsp3) is 0.800. The third-order valence-corrected chi connectivity index (χ3v) is 9.31. The SMILES string of the molecule is CC1CCC([C@H](NC(=O)OC(C)(C)C)C(=O)Nc2ncc(C(CN3C[C@@H](C)O[C@H](C)C3)N3CC(F)(F)CCC3=O)s2)CC1. The van der Waals surface area contributed by atoms with Gasteiger partial charge in [-0.15, -0.1) is 0 Å². The first-order chi connectivity index (χ1) is 20.1. The van der Waals surface area contributed by atoms with Crippen molar-refractivity contribution in [1.82, 2.24) is 20.1 Å². The summed E-state index contributed by atoms with van der Waals surface area (Å²) in [5.41, 5.74) is -0.718. The molecule has 0 spiro atoms. The zero-order valence-corrected chi connectivity index (χ0v) is 27.0. The van der Waals surface area contributed by atoms with Gasteiger partial charge in [0.15, 0.2) is 5.13 Å². The molecule has 3 amide bonds. The summed E-state index contributed by atoms with van der Waals surface area (Å²) in [6.45, 7) is 12.3. The second-order valence-electron chi connectivity index (χ2n) is 13.6. The lowest BCUT2D eigenvalue weighted by Gasteiger charge is -2.42. The summed E-state index contributed by atoms with van der Waals surface area (Å²) in [6, 6.07) is -1.47. The zero-order valence-electron chi connectivity index (χ0n) is 26.2. The van der Waals surface area contributed by atoms with Gasteiger partial charge in [-0.05, 0) is 59.3 Å². The van der Waals surface area contributed by atoms with Crippen molar-refractivity contribution < 1.29 is 32.6 Å². The topological polar surface area (TPSA) is 113 Å². The van der Waals surface area contributed by atoms with E-state index in [-0.39, 0.29) is 35.6 Å². The third-order valence-electron chi connectivity index (χ3n) is 8.30. The van der Waals surface area contributed by atoms with Gasteiger partial charge in [0.25, 0.3) is 5.92 Å². The molecule has 3 heterocycles. The van der Waals surface area contributed by atoms with E-state index in [0.29, 0.717) is 30.4 Å². The van der Waals surface area contributed by atoms with Crippen molar-refractivity contribution in [3.63, 3.8) is 0 Å². The number of hydrogen-bond donors (Lipinski definition) is 2. The molecule has 2 saturated heterocycles. The van der Waals surface area contributed by atoms with Crippen molar-refractivity contribution in [3.05, 3.63) is 11.1 Å². The first-order valence-corrected chi connectivity index (χ1v) is 16.2. The average molecular weight is 628 g/mol. The van der Waals surface area contributed by atoms with Crippen molar-refractivity contribution in [2.24, 2.45) is 11.8 Å². The number of morpholine rings is 1. The molecule has 13 heteroatoms. The number of carbonyl (C=O) groups excluding carboxylic acids is 3. The number of alkyl halides is 2. The van der Waals surface area contributed by atoms with E-state index in [4.69, 9.17) is 9.47 Å². The number of hydrogen-bond acceptors (Lipinski definition) is 8. The summed E-state index contributed by atoms with van der Waals surface area (Å²) in [6.07, 6.45) is 3.65. The Morgan fingerprint density at radius 3 is 2.44 bits per heavy atom. The minimum Gasteiger partial charge on any atom is -0.444 e. The first kappa shape index (κ1) is 33.5. The molecule has 10 nitrogen and oxygen atoms in total. The fourth-order valence-electron chi connectivity index (χ4n) is 6.29. The molecule has 242 valence electrons. The van der Waals surface area contributed by atoms with Crippen LogP contribution in [0.3, 0.4) is 0 Å². The Morgan fingerprint density at radius 1 is 1.16 bits per heavy atom. The second kappa shape index (κ2) is 13.7. The van der Waals surface area contributed by atoms with Crippen LogP contribution in [0.5, 0.6) is 0 Å². The van der Waals surface area contributed by atoms with Crippen LogP contribution in [0.25, 0.3) is 0 Å². The number of thiazole rings is 1. The molecule has 1 saturated carbocycles. The molecule has 4 rings (SSSR count). The number of ether oxygens (including phenoxy) is 2. The highest BCUT2D eigenvalue weighted by atomic mass is 32.1. The van der Waals surface area contributed by atoms with Crippen molar-refractivity contribution in [1.29, 1.82) is 0 Å². The number of aromatic nitrogens is 1. The molecule has 1 aromatic rings. The standard InChI is InChI=1S/C30H47F2N5O5S/c1-18-7-9-21(10-8-18)25(34-28(40)42-29(4,5)6)26(39)35-27-33-13-23(43-27)22(16-36-14-19(2)41-20(3)15-36)37-17-30(31,32)12-11-24(37)38/h13,18-22,25H,7-12,14-17H2,1-6H3,(H,34,40)(H,33,35,39)/t18?,19-,20-,21?,22?,25+/m1/s1. The number of carbonyl (C=O) groups is 3. The summed E-state index contributed by atoms with van der Waals surface area (Å²) in [7, 11) is 0. The van der Waals surface area contributed by atoms with E-state index in [1.807, 2.05) is 13.8 Å². The number of anilines is 1. The monoisotopic (exact) mass is 627 g/mol. The normalized spacial score (nSPS) is 28.2. The van der Waals surface area contributed by atoms with Crippen LogP contribution in [0.1, 0.15) is 91.0 Å². The van der Waals surface area contributed by atoms with E-state index in [2.05, 4.69) is 27.4 Å². The highest BCUT2D eigenvalue weighted by Crippen LogP contribution is 2.37. The number of piperidine rings is 1. The number of nitrogens with zero attached hydrogens (tertiary/aromatic N) is 3. The second-order valence-corrected chi connectivity index (χ2v) is 14.6. The average Bonchev–Trinajstić information content (AvgIpc) is 3.34. The van der Waals surface area contributed by atoms with Crippen LogP contribution in [0.15, 0.2) is 6.20 Å². The Kier molecular flexibility index (Phi) is 10.7. The van der Waals surface area contributed by atoms with Crippen LogP contribution in [-0.2, 0) is 19.1 Å². The van der Waals surface area contributed by atoms with Crippen LogP contribution in [0.4, 0.5) is 18.7 Å². The van der Waals surface area contributed by atoms with E-state index >= 15 is 0 Å². The Hall–Kier alpha value is -2.38. The van der Waals surface area contributed by atoms with Crippen LogP contribution < -0.4 is 10.6 Å². The van der Waals surface area contributed by atoms with E-state index in [9.17, 15) is 23.2 Å². The minimum absolute atomic E-state index is 0.0311. The summed E-state index contributed by atoms with van der Waals surface area (Å²) >= 11 is 1.16. The molecular formula is C30H47F2N5O5S. The van der Waals surface area contributed by atoms with Gasteiger partial charge in [-0.1, -0.05) is 31.1 Å². The van der Waals surface area contributed by atoms with E-state index in [1.54, 1.807) is 27.0 Å². The summed E-state index contributed by atoms with van der Waals surface area (Å²) in [4.78, 5) is 47.6. The van der Waals surface area contributed by atoms with Crippen molar-refractivity contribution in [2.75, 3.05) is 31.5 Å². The predicted molar refractivity (Wildman–Crippen MR) is 160 cm³/mol. The quantitative estimate of drug-likeness (QED) is 0.407. The Balaban J connectivity index is 1.54. The van der Waals surface area contributed by atoms with Crippen LogP contribution in [0.2, 0.25) is 0 Å². The molecule has 1 aliphatic carbocycles. The van der Waals surface area contributed by atoms with Crippen LogP contribution >= 0.6 is 11.3 Å². The number of rotatable bonds is 8. The largest absolute Gasteiger partial charge is 0.444 e. The molecule has 3 aliphatic rings. The number of likely N-dealkylation sites (tertiary alicyclic amines) is 1. The smallest absolute Gasteiger partial charge is 0.408 e. The third kappa shape index (κ3) is 9.55. The molecule has 3 fully saturated rings. The number of alkyl carbamates (subject to hydrolysis) is 1. The zero-order chi connectivity index (χ0) is 31.5.